The highest BCUT2D eigenvalue weighted by molar-refractivity contribution is 7.92. The number of carbonyl (C=O) groups is 1. The largest absolute Gasteiger partial charge is 0.416 e. The van der Waals surface area contributed by atoms with Crippen molar-refractivity contribution in [3.63, 3.8) is 0 Å². The number of hydrogen-bond donors (Lipinski definition) is 1. The molecule has 10 heteroatoms. The van der Waals surface area contributed by atoms with Gasteiger partial charge in [0.05, 0.1) is 22.8 Å². The molecule has 164 valence electrons. The van der Waals surface area contributed by atoms with Crippen molar-refractivity contribution in [2.45, 2.75) is 31.0 Å². The summed E-state index contributed by atoms with van der Waals surface area (Å²) in [4.78, 5) is 12.3. The Bertz CT molecular complexity index is 976. The van der Waals surface area contributed by atoms with Gasteiger partial charge in [0.2, 0.25) is 5.91 Å². The van der Waals surface area contributed by atoms with E-state index in [-0.39, 0.29) is 17.2 Å². The molecular weight excluding hydrogens is 421 g/mol. The number of aryl methyl sites for hydroxylation is 1. The Morgan fingerprint density at radius 3 is 2.37 bits per heavy atom. The van der Waals surface area contributed by atoms with Crippen LogP contribution >= 0.6 is 0 Å². The van der Waals surface area contributed by atoms with Crippen LogP contribution in [-0.4, -0.2) is 40.6 Å². The lowest BCUT2D eigenvalue weighted by molar-refractivity contribution is -0.137. The Balaban J connectivity index is 2.47. The van der Waals surface area contributed by atoms with Gasteiger partial charge < -0.3 is 10.1 Å². The van der Waals surface area contributed by atoms with E-state index in [1.807, 2.05) is 0 Å². The molecule has 1 atom stereocenters. The number of benzene rings is 2. The van der Waals surface area contributed by atoms with Gasteiger partial charge in [-0.25, -0.2) is 8.42 Å². The SMILES string of the molecule is COC[C@H](C)NC(=O)CN(c1cccc(C(F)(F)F)c1)S(=O)(=O)c1ccc(C)cc1. The fourth-order valence-electron chi connectivity index (χ4n) is 2.73. The van der Waals surface area contributed by atoms with Gasteiger partial charge in [-0.05, 0) is 44.2 Å². The molecule has 2 aromatic carbocycles. The number of alkyl halides is 3. The van der Waals surface area contributed by atoms with Crippen LogP contribution in [0, 0.1) is 6.92 Å². The van der Waals surface area contributed by atoms with Gasteiger partial charge in [0.15, 0.2) is 0 Å². The highest BCUT2D eigenvalue weighted by Gasteiger charge is 2.33. The van der Waals surface area contributed by atoms with Crippen molar-refractivity contribution in [3.8, 4) is 0 Å². The molecule has 0 saturated carbocycles. The van der Waals surface area contributed by atoms with E-state index >= 15 is 0 Å². The van der Waals surface area contributed by atoms with Crippen LogP contribution in [0.25, 0.3) is 0 Å². The molecule has 0 aliphatic carbocycles. The summed E-state index contributed by atoms with van der Waals surface area (Å²) >= 11 is 0. The summed E-state index contributed by atoms with van der Waals surface area (Å²) in [6.07, 6.45) is -4.66. The van der Waals surface area contributed by atoms with Gasteiger partial charge >= 0.3 is 6.18 Å². The summed E-state index contributed by atoms with van der Waals surface area (Å²) in [5, 5.41) is 2.57. The zero-order valence-corrected chi connectivity index (χ0v) is 17.5. The Morgan fingerprint density at radius 2 is 1.80 bits per heavy atom. The molecule has 30 heavy (non-hydrogen) atoms. The fraction of sp³-hybridized carbons (Fsp3) is 0.350. The van der Waals surface area contributed by atoms with Crippen molar-refractivity contribution in [2.75, 3.05) is 24.6 Å². The molecule has 0 unspecified atom stereocenters. The van der Waals surface area contributed by atoms with E-state index in [0.29, 0.717) is 10.4 Å². The van der Waals surface area contributed by atoms with Gasteiger partial charge in [0.25, 0.3) is 10.0 Å². The van der Waals surface area contributed by atoms with Gasteiger partial charge in [-0.1, -0.05) is 23.8 Å². The summed E-state index contributed by atoms with van der Waals surface area (Å²) in [5.41, 5.74) is -0.470. The zero-order chi connectivity index (χ0) is 22.5. The second-order valence-electron chi connectivity index (χ2n) is 6.80. The normalized spacial score (nSPS) is 13.0. The standard InChI is InChI=1S/C20H23F3N2O4S/c1-14-7-9-18(10-8-14)30(27,28)25(12-19(26)24-15(2)13-29-3)17-6-4-5-16(11-17)20(21,22)23/h4-11,15H,12-13H2,1-3H3,(H,24,26)/t15-/m0/s1. The summed E-state index contributed by atoms with van der Waals surface area (Å²) in [5.74, 6) is -0.673. The van der Waals surface area contributed by atoms with E-state index in [0.717, 1.165) is 17.7 Å². The van der Waals surface area contributed by atoms with Crippen molar-refractivity contribution in [1.29, 1.82) is 0 Å². The highest BCUT2D eigenvalue weighted by atomic mass is 32.2. The van der Waals surface area contributed by atoms with Crippen molar-refractivity contribution in [3.05, 3.63) is 59.7 Å². The van der Waals surface area contributed by atoms with E-state index in [1.54, 1.807) is 26.0 Å². The Kier molecular flexibility index (Phi) is 7.49. The van der Waals surface area contributed by atoms with Crippen molar-refractivity contribution >= 4 is 21.6 Å². The number of anilines is 1. The average molecular weight is 444 g/mol. The second kappa shape index (κ2) is 9.48. The zero-order valence-electron chi connectivity index (χ0n) is 16.7. The molecule has 0 heterocycles. The lowest BCUT2D eigenvalue weighted by Gasteiger charge is -2.25. The third-order valence-electron chi connectivity index (χ3n) is 4.18. The maximum atomic E-state index is 13.2. The maximum absolute atomic E-state index is 13.2. The molecular formula is C20H23F3N2O4S. The van der Waals surface area contributed by atoms with Gasteiger partial charge in [-0.2, -0.15) is 13.2 Å². The lowest BCUT2D eigenvalue weighted by atomic mass is 10.2. The van der Waals surface area contributed by atoms with Crippen LogP contribution in [-0.2, 0) is 25.7 Å². The number of amides is 1. The van der Waals surface area contributed by atoms with Gasteiger partial charge in [-0.3, -0.25) is 9.10 Å². The molecule has 0 saturated heterocycles. The van der Waals surface area contributed by atoms with E-state index in [2.05, 4.69) is 5.32 Å². The Morgan fingerprint density at radius 1 is 1.17 bits per heavy atom. The summed E-state index contributed by atoms with van der Waals surface area (Å²) < 4.78 is 71.4. The number of nitrogens with one attached hydrogen (secondary N) is 1. The topological polar surface area (TPSA) is 75.7 Å². The van der Waals surface area contributed by atoms with E-state index < -0.39 is 40.3 Å². The van der Waals surface area contributed by atoms with Crippen molar-refractivity contribution in [2.24, 2.45) is 0 Å². The Labute approximate surface area is 173 Å². The fourth-order valence-corrected chi connectivity index (χ4v) is 4.15. The molecule has 0 radical (unpaired) electrons. The molecule has 1 N–H and O–H groups in total. The quantitative estimate of drug-likeness (QED) is 0.678. The van der Waals surface area contributed by atoms with Crippen LogP contribution in [0.2, 0.25) is 0 Å². The first-order valence-corrected chi connectivity index (χ1v) is 10.4. The molecule has 0 aromatic heterocycles. The molecule has 0 fully saturated rings. The molecule has 0 aliphatic heterocycles. The average Bonchev–Trinajstić information content (AvgIpc) is 2.66. The predicted octanol–water partition coefficient (Wildman–Crippen LogP) is 3.36. The smallest absolute Gasteiger partial charge is 0.383 e. The van der Waals surface area contributed by atoms with Crippen LogP contribution in [0.15, 0.2) is 53.4 Å². The van der Waals surface area contributed by atoms with Crippen LogP contribution < -0.4 is 9.62 Å². The number of nitrogens with zero attached hydrogens (tertiary/aromatic N) is 1. The minimum atomic E-state index is -4.66. The number of ether oxygens (including phenoxy) is 1. The van der Waals surface area contributed by atoms with Gasteiger partial charge in [0, 0.05) is 13.2 Å². The van der Waals surface area contributed by atoms with E-state index in [9.17, 15) is 26.4 Å². The molecule has 0 bridgehead atoms. The summed E-state index contributed by atoms with van der Waals surface area (Å²) in [7, 11) is -2.86. The molecule has 2 rings (SSSR count). The summed E-state index contributed by atoms with van der Waals surface area (Å²) in [6.45, 7) is 2.93. The number of sulfonamides is 1. The predicted molar refractivity (Wildman–Crippen MR) is 107 cm³/mol. The lowest BCUT2D eigenvalue weighted by Crippen LogP contribution is -2.44. The number of hydrogen-bond acceptors (Lipinski definition) is 4. The first-order chi connectivity index (χ1) is 13.9. The molecule has 2 aromatic rings. The van der Waals surface area contributed by atoms with Crippen molar-refractivity contribution < 1.29 is 31.1 Å². The number of methoxy groups -OCH3 is 1. The number of rotatable bonds is 8. The van der Waals surface area contributed by atoms with Gasteiger partial charge in [-0.15, -0.1) is 0 Å². The van der Waals surface area contributed by atoms with Gasteiger partial charge in [0.1, 0.15) is 6.54 Å². The van der Waals surface area contributed by atoms with E-state index in [4.69, 9.17) is 4.74 Å². The maximum Gasteiger partial charge on any atom is 0.416 e. The first kappa shape index (κ1) is 23.7. The minimum absolute atomic E-state index is 0.136. The molecule has 6 nitrogen and oxygen atoms in total. The Hall–Kier alpha value is -2.59. The van der Waals surface area contributed by atoms with Crippen molar-refractivity contribution in [1.82, 2.24) is 5.32 Å². The molecule has 0 aliphatic rings. The minimum Gasteiger partial charge on any atom is -0.383 e. The van der Waals surface area contributed by atoms with Crippen LogP contribution in [0.1, 0.15) is 18.1 Å². The second-order valence-corrected chi connectivity index (χ2v) is 8.66. The number of halogens is 3. The third-order valence-corrected chi connectivity index (χ3v) is 5.97. The highest BCUT2D eigenvalue weighted by Crippen LogP contribution is 2.33. The monoisotopic (exact) mass is 444 g/mol. The molecule has 1 amide bonds. The third kappa shape index (κ3) is 5.96. The van der Waals surface area contributed by atoms with Crippen LogP contribution in [0.4, 0.5) is 18.9 Å². The number of carbonyl (C=O) groups excluding carboxylic acids is 1. The van der Waals surface area contributed by atoms with Crippen LogP contribution in [0.3, 0.4) is 0 Å². The summed E-state index contributed by atoms with van der Waals surface area (Å²) in [6, 6.07) is 9.27. The molecule has 0 spiro atoms. The first-order valence-electron chi connectivity index (χ1n) is 9.00. The van der Waals surface area contributed by atoms with Crippen LogP contribution in [0.5, 0.6) is 0 Å². The van der Waals surface area contributed by atoms with E-state index in [1.165, 1.54) is 25.3 Å².